The van der Waals surface area contributed by atoms with E-state index >= 15 is 0 Å². The van der Waals surface area contributed by atoms with E-state index in [4.69, 9.17) is 4.74 Å². The molecule has 0 fully saturated rings. The summed E-state index contributed by atoms with van der Waals surface area (Å²) in [5.74, 6) is -0.593. The molecule has 0 radical (unpaired) electrons. The van der Waals surface area contributed by atoms with Gasteiger partial charge >= 0.3 is 5.97 Å². The molecule has 6 nitrogen and oxygen atoms in total. The minimum atomic E-state index is -0.361. The summed E-state index contributed by atoms with van der Waals surface area (Å²) in [5, 5.41) is 2.88. The van der Waals surface area contributed by atoms with Crippen LogP contribution in [0.5, 0.6) is 0 Å². The minimum Gasteiger partial charge on any atom is -0.462 e. The molecule has 3 aromatic rings. The van der Waals surface area contributed by atoms with Gasteiger partial charge in [0.2, 0.25) is 0 Å². The molecule has 27 heavy (non-hydrogen) atoms. The van der Waals surface area contributed by atoms with Gasteiger partial charge in [-0.2, -0.15) is 0 Å². The van der Waals surface area contributed by atoms with E-state index < -0.39 is 0 Å². The summed E-state index contributed by atoms with van der Waals surface area (Å²) >= 11 is 0. The van der Waals surface area contributed by atoms with Crippen molar-refractivity contribution in [2.75, 3.05) is 11.9 Å². The second kappa shape index (κ2) is 8.03. The van der Waals surface area contributed by atoms with Crippen LogP contribution in [0.15, 0.2) is 42.6 Å². The number of amides is 1. The average Bonchev–Trinajstić information content (AvgIpc) is 3.04. The molecule has 1 amide bonds. The molecule has 0 aliphatic carbocycles. The van der Waals surface area contributed by atoms with Gasteiger partial charge in [0.25, 0.3) is 5.91 Å². The standard InChI is InChI=1S/C21H23N3O3/c1-4-12-27-21(26)15-6-8-16(9-7-15)22-20(25)19-17(5-2)23-18-13-14(3)10-11-24(18)19/h6-11,13H,4-5,12H2,1-3H3,(H,22,25). The van der Waals surface area contributed by atoms with Crippen LogP contribution in [-0.4, -0.2) is 27.9 Å². The highest BCUT2D eigenvalue weighted by atomic mass is 16.5. The van der Waals surface area contributed by atoms with Crippen LogP contribution in [-0.2, 0) is 11.2 Å². The van der Waals surface area contributed by atoms with Crippen LogP contribution in [0.1, 0.15) is 52.4 Å². The number of ether oxygens (including phenoxy) is 1. The van der Waals surface area contributed by atoms with Gasteiger partial charge in [0.1, 0.15) is 11.3 Å². The van der Waals surface area contributed by atoms with Crippen molar-refractivity contribution in [3.05, 3.63) is 65.1 Å². The lowest BCUT2D eigenvalue weighted by Crippen LogP contribution is -2.16. The van der Waals surface area contributed by atoms with Crippen LogP contribution in [0.4, 0.5) is 5.69 Å². The fourth-order valence-corrected chi connectivity index (χ4v) is 2.84. The maximum atomic E-state index is 12.9. The van der Waals surface area contributed by atoms with Gasteiger partial charge in [-0.3, -0.25) is 9.20 Å². The zero-order chi connectivity index (χ0) is 19.4. The molecule has 0 spiro atoms. The summed E-state index contributed by atoms with van der Waals surface area (Å²) in [7, 11) is 0. The first kappa shape index (κ1) is 18.6. The van der Waals surface area contributed by atoms with Crippen LogP contribution in [0.25, 0.3) is 5.65 Å². The first-order valence-corrected chi connectivity index (χ1v) is 9.09. The average molecular weight is 365 g/mol. The molecule has 0 saturated heterocycles. The number of hydrogen-bond donors (Lipinski definition) is 1. The molecule has 2 aromatic heterocycles. The van der Waals surface area contributed by atoms with Crippen molar-refractivity contribution >= 4 is 23.2 Å². The monoisotopic (exact) mass is 365 g/mol. The van der Waals surface area contributed by atoms with E-state index in [9.17, 15) is 9.59 Å². The third-order valence-corrected chi connectivity index (χ3v) is 4.22. The molecule has 0 atom stereocenters. The van der Waals surface area contributed by atoms with E-state index in [0.717, 1.165) is 23.3 Å². The quantitative estimate of drug-likeness (QED) is 0.670. The minimum absolute atomic E-state index is 0.232. The number of imidazole rings is 1. The van der Waals surface area contributed by atoms with E-state index in [1.165, 1.54) is 0 Å². The Morgan fingerprint density at radius 3 is 2.56 bits per heavy atom. The Labute approximate surface area is 158 Å². The number of rotatable bonds is 6. The molecular weight excluding hydrogens is 342 g/mol. The fraction of sp³-hybridized carbons (Fsp3) is 0.286. The Morgan fingerprint density at radius 2 is 1.89 bits per heavy atom. The number of aromatic nitrogens is 2. The van der Waals surface area contributed by atoms with Gasteiger partial charge in [0.15, 0.2) is 0 Å². The molecule has 6 heteroatoms. The molecule has 140 valence electrons. The number of esters is 1. The molecule has 1 N–H and O–H groups in total. The molecule has 1 aromatic carbocycles. The summed E-state index contributed by atoms with van der Waals surface area (Å²) in [6, 6.07) is 10.6. The van der Waals surface area contributed by atoms with E-state index in [1.54, 1.807) is 28.7 Å². The second-order valence-electron chi connectivity index (χ2n) is 6.36. The zero-order valence-electron chi connectivity index (χ0n) is 15.8. The fourth-order valence-electron chi connectivity index (χ4n) is 2.84. The van der Waals surface area contributed by atoms with Gasteiger partial charge in [-0.15, -0.1) is 0 Å². The van der Waals surface area contributed by atoms with Gasteiger partial charge in [-0.05, 0) is 61.7 Å². The van der Waals surface area contributed by atoms with Crippen molar-refractivity contribution in [1.82, 2.24) is 9.38 Å². The van der Waals surface area contributed by atoms with Crippen molar-refractivity contribution in [2.45, 2.75) is 33.6 Å². The number of pyridine rings is 1. The third-order valence-electron chi connectivity index (χ3n) is 4.22. The van der Waals surface area contributed by atoms with E-state index in [2.05, 4.69) is 10.3 Å². The van der Waals surface area contributed by atoms with Crippen molar-refractivity contribution < 1.29 is 14.3 Å². The van der Waals surface area contributed by atoms with Crippen LogP contribution in [0.2, 0.25) is 0 Å². The van der Waals surface area contributed by atoms with E-state index in [-0.39, 0.29) is 11.9 Å². The summed E-state index contributed by atoms with van der Waals surface area (Å²) < 4.78 is 6.91. The Balaban J connectivity index is 1.81. The van der Waals surface area contributed by atoms with Gasteiger partial charge in [0, 0.05) is 11.9 Å². The molecule has 0 unspecified atom stereocenters. The molecule has 0 aliphatic heterocycles. The number of benzene rings is 1. The van der Waals surface area contributed by atoms with E-state index in [1.807, 2.05) is 39.1 Å². The normalized spacial score (nSPS) is 10.8. The van der Waals surface area contributed by atoms with Crippen molar-refractivity contribution in [1.29, 1.82) is 0 Å². The number of nitrogens with one attached hydrogen (secondary N) is 1. The smallest absolute Gasteiger partial charge is 0.338 e. The number of fused-ring (bicyclic) bond motifs is 1. The summed E-state index contributed by atoms with van der Waals surface area (Å²) in [4.78, 5) is 29.3. The third kappa shape index (κ3) is 4.00. The number of hydrogen-bond acceptors (Lipinski definition) is 4. The van der Waals surface area contributed by atoms with Crippen LogP contribution in [0, 0.1) is 6.92 Å². The molecule has 2 heterocycles. The molecule has 0 bridgehead atoms. The second-order valence-corrected chi connectivity index (χ2v) is 6.36. The SMILES string of the molecule is CCCOC(=O)c1ccc(NC(=O)c2c(CC)nc3cc(C)ccn23)cc1. The number of carbonyl (C=O) groups excluding carboxylic acids is 2. The van der Waals surface area contributed by atoms with Crippen molar-refractivity contribution in [3.63, 3.8) is 0 Å². The number of carbonyl (C=O) groups is 2. The maximum absolute atomic E-state index is 12.9. The van der Waals surface area contributed by atoms with Gasteiger partial charge in [-0.25, -0.2) is 9.78 Å². The number of anilines is 1. The van der Waals surface area contributed by atoms with Crippen LogP contribution >= 0.6 is 0 Å². The molecule has 0 saturated carbocycles. The first-order chi connectivity index (χ1) is 13.0. The summed E-state index contributed by atoms with van der Waals surface area (Å²) in [5.41, 5.74) is 4.19. The predicted molar refractivity (Wildman–Crippen MR) is 104 cm³/mol. The summed E-state index contributed by atoms with van der Waals surface area (Å²) in [6.07, 6.45) is 3.29. The van der Waals surface area contributed by atoms with Gasteiger partial charge in [-0.1, -0.05) is 13.8 Å². The largest absolute Gasteiger partial charge is 0.462 e. The highest BCUT2D eigenvalue weighted by Crippen LogP contribution is 2.18. The molecule has 3 rings (SSSR count). The first-order valence-electron chi connectivity index (χ1n) is 9.09. The highest BCUT2D eigenvalue weighted by Gasteiger charge is 2.18. The van der Waals surface area contributed by atoms with Gasteiger partial charge in [0.05, 0.1) is 17.9 Å². The predicted octanol–water partition coefficient (Wildman–Crippen LogP) is 4.02. The Hall–Kier alpha value is -3.15. The van der Waals surface area contributed by atoms with Crippen LogP contribution in [0.3, 0.4) is 0 Å². The van der Waals surface area contributed by atoms with Crippen molar-refractivity contribution in [3.8, 4) is 0 Å². The zero-order valence-corrected chi connectivity index (χ0v) is 15.8. The lowest BCUT2D eigenvalue weighted by molar-refractivity contribution is 0.0505. The Kier molecular flexibility index (Phi) is 5.54. The van der Waals surface area contributed by atoms with Gasteiger partial charge < -0.3 is 10.1 Å². The van der Waals surface area contributed by atoms with Crippen LogP contribution < -0.4 is 5.32 Å². The topological polar surface area (TPSA) is 72.7 Å². The Bertz CT molecular complexity index is 974. The summed E-state index contributed by atoms with van der Waals surface area (Å²) in [6.45, 7) is 6.30. The molecule has 0 aliphatic rings. The maximum Gasteiger partial charge on any atom is 0.338 e. The Morgan fingerprint density at radius 1 is 1.15 bits per heavy atom. The number of nitrogens with zero attached hydrogens (tertiary/aromatic N) is 2. The highest BCUT2D eigenvalue weighted by molar-refractivity contribution is 6.04. The molecular formula is C21H23N3O3. The lowest BCUT2D eigenvalue weighted by Gasteiger charge is -2.08. The number of aryl methyl sites for hydroxylation is 2. The lowest BCUT2D eigenvalue weighted by atomic mass is 10.2. The van der Waals surface area contributed by atoms with E-state index in [0.29, 0.717) is 30.0 Å². The van der Waals surface area contributed by atoms with Crippen molar-refractivity contribution in [2.24, 2.45) is 0 Å².